The molecule has 0 aliphatic carbocycles. The smallest absolute Gasteiger partial charge is 0.256 e. The number of carbonyl (C=O) groups is 1. The van der Waals surface area contributed by atoms with Gasteiger partial charge in [-0.05, 0) is 52.9 Å². The van der Waals surface area contributed by atoms with Crippen molar-refractivity contribution in [3.8, 4) is 0 Å². The maximum Gasteiger partial charge on any atom is 0.256 e. The van der Waals surface area contributed by atoms with Crippen LogP contribution >= 0.6 is 34.2 Å². The molecule has 0 fully saturated rings. The maximum atomic E-state index is 13.5. The highest BCUT2D eigenvalue weighted by Gasteiger charge is 2.12. The Labute approximate surface area is 122 Å². The van der Waals surface area contributed by atoms with Crippen molar-refractivity contribution in [1.82, 2.24) is 0 Å². The first-order chi connectivity index (χ1) is 8.58. The minimum Gasteiger partial charge on any atom is -0.319 e. The molecule has 0 bridgehead atoms. The van der Waals surface area contributed by atoms with Gasteiger partial charge in [-0.25, -0.2) is 4.39 Å². The summed E-state index contributed by atoms with van der Waals surface area (Å²) in [7, 11) is 0. The number of benzene rings is 2. The Bertz CT molecular complexity index is 603. The second-order valence-corrected chi connectivity index (χ2v) is 5.16. The van der Waals surface area contributed by atoms with Crippen LogP contribution in [0.25, 0.3) is 0 Å². The van der Waals surface area contributed by atoms with Crippen molar-refractivity contribution in [2.75, 3.05) is 5.32 Å². The molecule has 0 aromatic heterocycles. The van der Waals surface area contributed by atoms with E-state index >= 15 is 0 Å². The Kier molecular flexibility index (Phi) is 4.19. The van der Waals surface area contributed by atoms with Crippen molar-refractivity contribution < 1.29 is 9.18 Å². The van der Waals surface area contributed by atoms with E-state index in [1.807, 2.05) is 12.1 Å². The molecule has 0 spiro atoms. The molecule has 1 amide bonds. The molecule has 1 N–H and O–H groups in total. The van der Waals surface area contributed by atoms with E-state index in [-0.39, 0.29) is 11.6 Å². The summed E-state index contributed by atoms with van der Waals surface area (Å²) >= 11 is 7.81. The van der Waals surface area contributed by atoms with Crippen molar-refractivity contribution in [3.63, 3.8) is 0 Å². The molecular weight excluding hydrogens is 368 g/mol. The maximum absolute atomic E-state index is 13.5. The molecule has 2 aromatic carbocycles. The predicted molar refractivity (Wildman–Crippen MR) is 78.5 cm³/mol. The number of hydrogen-bond acceptors (Lipinski definition) is 1. The zero-order valence-corrected chi connectivity index (χ0v) is 12.0. The van der Waals surface area contributed by atoms with E-state index in [1.54, 1.807) is 12.1 Å². The normalized spacial score (nSPS) is 10.2. The van der Waals surface area contributed by atoms with Crippen LogP contribution in [0.15, 0.2) is 42.5 Å². The van der Waals surface area contributed by atoms with Crippen LogP contribution in [0.5, 0.6) is 0 Å². The third-order valence-electron chi connectivity index (χ3n) is 2.30. The number of amides is 1. The van der Waals surface area contributed by atoms with Gasteiger partial charge in [-0.1, -0.05) is 23.7 Å². The lowest BCUT2D eigenvalue weighted by atomic mass is 10.2. The summed E-state index contributed by atoms with van der Waals surface area (Å²) < 4.78 is 14.3. The van der Waals surface area contributed by atoms with Gasteiger partial charge in [0.25, 0.3) is 5.91 Å². The van der Waals surface area contributed by atoms with E-state index in [1.165, 1.54) is 18.2 Å². The fraction of sp³-hybridized carbons (Fsp3) is 0. The molecule has 92 valence electrons. The lowest BCUT2D eigenvalue weighted by molar-refractivity contribution is 0.102. The van der Waals surface area contributed by atoms with Crippen molar-refractivity contribution in [1.29, 1.82) is 0 Å². The van der Waals surface area contributed by atoms with Crippen LogP contribution in [0.4, 0.5) is 10.1 Å². The number of halogens is 3. The van der Waals surface area contributed by atoms with Crippen molar-refractivity contribution in [2.45, 2.75) is 0 Å². The lowest BCUT2D eigenvalue weighted by Crippen LogP contribution is -2.14. The van der Waals surface area contributed by atoms with Gasteiger partial charge in [-0.2, -0.15) is 0 Å². The first kappa shape index (κ1) is 13.3. The molecular formula is C13H8ClFINO. The standard InChI is InChI=1S/C13H8ClFINO/c14-8-5-6-10(15)12(7-8)17-13(18)9-3-1-2-4-11(9)16/h1-7H,(H,17,18). The quantitative estimate of drug-likeness (QED) is 0.778. The highest BCUT2D eigenvalue weighted by Crippen LogP contribution is 2.21. The van der Waals surface area contributed by atoms with Crippen molar-refractivity contribution in [2.24, 2.45) is 0 Å². The minimum atomic E-state index is -0.515. The molecule has 0 aliphatic heterocycles. The van der Waals surface area contributed by atoms with Gasteiger partial charge in [0.2, 0.25) is 0 Å². The number of anilines is 1. The Morgan fingerprint density at radius 1 is 1.22 bits per heavy atom. The monoisotopic (exact) mass is 375 g/mol. The average Bonchev–Trinajstić information content (AvgIpc) is 2.34. The van der Waals surface area contributed by atoms with Crippen LogP contribution in [0, 0.1) is 9.39 Å². The third kappa shape index (κ3) is 3.00. The zero-order chi connectivity index (χ0) is 13.1. The molecule has 2 rings (SSSR count). The van der Waals surface area contributed by atoms with Crippen molar-refractivity contribution >= 4 is 45.8 Å². The fourth-order valence-electron chi connectivity index (χ4n) is 1.43. The number of nitrogens with one attached hydrogen (secondary N) is 1. The van der Waals surface area contributed by atoms with E-state index in [0.29, 0.717) is 10.6 Å². The Morgan fingerprint density at radius 3 is 2.67 bits per heavy atom. The minimum absolute atomic E-state index is 0.0761. The molecule has 0 saturated heterocycles. The van der Waals surface area contributed by atoms with Crippen LogP contribution < -0.4 is 5.32 Å². The van der Waals surface area contributed by atoms with E-state index in [4.69, 9.17) is 11.6 Å². The highest BCUT2D eigenvalue weighted by molar-refractivity contribution is 14.1. The second kappa shape index (κ2) is 5.67. The Balaban J connectivity index is 2.27. The molecule has 5 heteroatoms. The first-order valence-electron chi connectivity index (χ1n) is 5.09. The van der Waals surface area contributed by atoms with Crippen LogP contribution in [-0.4, -0.2) is 5.91 Å². The molecule has 18 heavy (non-hydrogen) atoms. The number of hydrogen-bond donors (Lipinski definition) is 1. The molecule has 0 saturated carbocycles. The predicted octanol–water partition coefficient (Wildman–Crippen LogP) is 4.34. The van der Waals surface area contributed by atoms with Crippen molar-refractivity contribution in [3.05, 3.63) is 62.4 Å². The van der Waals surface area contributed by atoms with Crippen LogP contribution in [-0.2, 0) is 0 Å². The van der Waals surface area contributed by atoms with Gasteiger partial charge in [0.15, 0.2) is 0 Å². The van der Waals surface area contributed by atoms with Gasteiger partial charge < -0.3 is 5.32 Å². The Hall–Kier alpha value is -1.14. The molecule has 0 aliphatic rings. The largest absolute Gasteiger partial charge is 0.319 e. The molecule has 0 radical (unpaired) electrons. The zero-order valence-electron chi connectivity index (χ0n) is 9.08. The summed E-state index contributed by atoms with van der Waals surface area (Å²) in [6, 6.07) is 11.1. The highest BCUT2D eigenvalue weighted by atomic mass is 127. The van der Waals surface area contributed by atoms with E-state index in [2.05, 4.69) is 27.9 Å². The lowest BCUT2D eigenvalue weighted by Gasteiger charge is -2.08. The van der Waals surface area contributed by atoms with Gasteiger partial charge in [0, 0.05) is 8.59 Å². The van der Waals surface area contributed by atoms with Crippen LogP contribution in [0.1, 0.15) is 10.4 Å². The summed E-state index contributed by atoms with van der Waals surface area (Å²) in [5.41, 5.74) is 0.574. The van der Waals surface area contributed by atoms with Crippen LogP contribution in [0.3, 0.4) is 0 Å². The van der Waals surface area contributed by atoms with E-state index in [9.17, 15) is 9.18 Å². The topological polar surface area (TPSA) is 29.1 Å². The SMILES string of the molecule is O=C(Nc1cc(Cl)ccc1F)c1ccccc1I. The molecule has 0 unspecified atom stereocenters. The summed E-state index contributed by atoms with van der Waals surface area (Å²) in [6.45, 7) is 0. The molecule has 2 aromatic rings. The van der Waals surface area contributed by atoms with Gasteiger partial charge in [-0.3, -0.25) is 4.79 Å². The number of rotatable bonds is 2. The number of carbonyl (C=O) groups excluding carboxylic acids is 1. The first-order valence-corrected chi connectivity index (χ1v) is 6.54. The van der Waals surface area contributed by atoms with E-state index in [0.717, 1.165) is 3.57 Å². The average molecular weight is 376 g/mol. The molecule has 0 heterocycles. The van der Waals surface area contributed by atoms with Gasteiger partial charge in [-0.15, -0.1) is 0 Å². The third-order valence-corrected chi connectivity index (χ3v) is 3.47. The Morgan fingerprint density at radius 2 is 1.94 bits per heavy atom. The molecule has 2 nitrogen and oxygen atoms in total. The summed E-state index contributed by atoms with van der Waals surface area (Å²) in [5, 5.41) is 2.87. The fourth-order valence-corrected chi connectivity index (χ4v) is 2.23. The van der Waals surface area contributed by atoms with Crippen LogP contribution in [0.2, 0.25) is 5.02 Å². The van der Waals surface area contributed by atoms with Gasteiger partial charge in [0.1, 0.15) is 5.82 Å². The van der Waals surface area contributed by atoms with E-state index < -0.39 is 5.82 Å². The second-order valence-electron chi connectivity index (χ2n) is 3.56. The van der Waals surface area contributed by atoms with Gasteiger partial charge in [0.05, 0.1) is 11.3 Å². The summed E-state index contributed by atoms with van der Waals surface area (Å²) in [5.74, 6) is -0.875. The summed E-state index contributed by atoms with van der Waals surface area (Å²) in [6.07, 6.45) is 0. The molecule has 0 atom stereocenters. The summed E-state index contributed by atoms with van der Waals surface area (Å²) in [4.78, 5) is 12.0. The van der Waals surface area contributed by atoms with Gasteiger partial charge >= 0.3 is 0 Å².